The second kappa shape index (κ2) is 9.06. The molecule has 0 spiro atoms. The lowest BCUT2D eigenvalue weighted by atomic mass is 10.1. The molecule has 0 radical (unpaired) electrons. The van der Waals surface area contributed by atoms with Gasteiger partial charge in [-0.15, -0.1) is 0 Å². The number of H-pyrrole nitrogens is 1. The molecule has 3 heterocycles. The molecule has 11 heteroatoms. The quantitative estimate of drug-likeness (QED) is 0.414. The van der Waals surface area contributed by atoms with Crippen LogP contribution >= 0.6 is 11.7 Å². The Morgan fingerprint density at radius 3 is 2.85 bits per heavy atom. The fraction of sp³-hybridized carbons (Fsp3) is 0.348. The molecule has 1 aliphatic rings. The lowest BCUT2D eigenvalue weighted by molar-refractivity contribution is 0.0925. The number of nitrogens with one attached hydrogen (secondary N) is 1. The number of ether oxygens (including phenoxy) is 2. The van der Waals surface area contributed by atoms with E-state index in [1.54, 1.807) is 50.4 Å². The first kappa shape index (κ1) is 22.9. The topological polar surface area (TPSA) is 114 Å². The van der Waals surface area contributed by atoms with Crippen LogP contribution in [0.25, 0.3) is 21.9 Å². The summed E-state index contributed by atoms with van der Waals surface area (Å²) in [5.74, 6) is 0.646. The first-order chi connectivity index (χ1) is 16.4. The predicted octanol–water partition coefficient (Wildman–Crippen LogP) is 3.22. The number of sulfonamides is 1. The van der Waals surface area contributed by atoms with Gasteiger partial charge >= 0.3 is 0 Å². The van der Waals surface area contributed by atoms with Gasteiger partial charge in [-0.05, 0) is 55.7 Å². The van der Waals surface area contributed by atoms with Gasteiger partial charge in [0.1, 0.15) is 21.7 Å². The SMILES string of the molecule is COc1ccc2[nH]c(=O)c(CN(C[C@@H]3CCCO3)S(=O)(=O)c3c(C)ccc4nsnc34)cc2c1. The molecule has 178 valence electrons. The summed E-state index contributed by atoms with van der Waals surface area (Å²) in [5.41, 5.74) is 2.10. The van der Waals surface area contributed by atoms with E-state index < -0.39 is 10.0 Å². The molecule has 1 saturated heterocycles. The van der Waals surface area contributed by atoms with E-state index in [2.05, 4.69) is 13.7 Å². The van der Waals surface area contributed by atoms with E-state index in [0.29, 0.717) is 40.0 Å². The Kier molecular flexibility index (Phi) is 6.11. The van der Waals surface area contributed by atoms with E-state index in [9.17, 15) is 13.2 Å². The van der Waals surface area contributed by atoms with E-state index in [0.717, 1.165) is 30.0 Å². The number of hydrogen-bond acceptors (Lipinski definition) is 8. The largest absolute Gasteiger partial charge is 0.497 e. The van der Waals surface area contributed by atoms with Crippen molar-refractivity contribution < 1.29 is 17.9 Å². The van der Waals surface area contributed by atoms with Crippen molar-refractivity contribution >= 4 is 43.7 Å². The molecule has 34 heavy (non-hydrogen) atoms. The van der Waals surface area contributed by atoms with Crippen LogP contribution in [0, 0.1) is 6.92 Å². The lowest BCUT2D eigenvalue weighted by Gasteiger charge is -2.25. The average molecular weight is 501 g/mol. The highest BCUT2D eigenvalue weighted by Gasteiger charge is 2.33. The summed E-state index contributed by atoms with van der Waals surface area (Å²) in [6.45, 7) is 2.38. The molecule has 0 unspecified atom stereocenters. The van der Waals surface area contributed by atoms with Crippen molar-refractivity contribution in [1.29, 1.82) is 0 Å². The first-order valence-electron chi connectivity index (χ1n) is 10.9. The number of benzene rings is 2. The standard InChI is InChI=1S/C23H24N4O5S2/c1-14-5-7-20-21(26-33-25-20)22(14)34(29,30)27(13-18-4-3-9-32-18)12-16-10-15-11-17(31-2)6-8-19(15)24-23(16)28/h5-8,10-11,18H,3-4,9,12-13H2,1-2H3,(H,24,28)/t18-/m0/s1. The van der Waals surface area contributed by atoms with Gasteiger partial charge in [-0.25, -0.2) is 8.42 Å². The highest BCUT2D eigenvalue weighted by molar-refractivity contribution is 7.89. The zero-order valence-electron chi connectivity index (χ0n) is 18.8. The minimum Gasteiger partial charge on any atom is -0.497 e. The minimum atomic E-state index is -4.02. The second-order valence-corrected chi connectivity index (χ2v) is 10.8. The number of fused-ring (bicyclic) bond motifs is 2. The van der Waals surface area contributed by atoms with Crippen molar-refractivity contribution in [3.05, 3.63) is 57.9 Å². The molecule has 1 fully saturated rings. The summed E-state index contributed by atoms with van der Waals surface area (Å²) in [4.78, 5) is 15.9. The minimum absolute atomic E-state index is 0.0991. The Labute approximate surface area is 200 Å². The molecule has 9 nitrogen and oxygen atoms in total. The van der Waals surface area contributed by atoms with Crippen LogP contribution in [-0.4, -0.2) is 52.8 Å². The number of aryl methyl sites for hydroxylation is 1. The monoisotopic (exact) mass is 500 g/mol. The van der Waals surface area contributed by atoms with Crippen molar-refractivity contribution in [2.45, 2.75) is 37.3 Å². The number of hydrogen-bond donors (Lipinski definition) is 1. The summed E-state index contributed by atoms with van der Waals surface area (Å²) in [5, 5.41) is 0.755. The lowest BCUT2D eigenvalue weighted by Crippen LogP contribution is -2.38. The van der Waals surface area contributed by atoms with Crippen molar-refractivity contribution in [1.82, 2.24) is 18.0 Å². The van der Waals surface area contributed by atoms with Gasteiger partial charge in [-0.3, -0.25) is 4.79 Å². The van der Waals surface area contributed by atoms with Gasteiger partial charge in [0.2, 0.25) is 10.0 Å². The van der Waals surface area contributed by atoms with Crippen LogP contribution in [0.15, 0.2) is 46.1 Å². The smallest absolute Gasteiger partial charge is 0.252 e. The van der Waals surface area contributed by atoms with E-state index in [1.165, 1.54) is 4.31 Å². The number of aromatic amines is 1. The molecule has 1 atom stereocenters. The van der Waals surface area contributed by atoms with Crippen molar-refractivity contribution in [3.8, 4) is 5.75 Å². The number of rotatable bonds is 7. The van der Waals surface area contributed by atoms with Crippen LogP contribution < -0.4 is 10.3 Å². The van der Waals surface area contributed by atoms with Crippen LogP contribution in [0.1, 0.15) is 24.0 Å². The van der Waals surface area contributed by atoms with Crippen molar-refractivity contribution in [2.24, 2.45) is 0 Å². The molecule has 0 saturated carbocycles. The Morgan fingerprint density at radius 2 is 2.09 bits per heavy atom. The highest BCUT2D eigenvalue weighted by atomic mass is 32.2. The van der Waals surface area contributed by atoms with Gasteiger partial charge in [0, 0.05) is 36.2 Å². The molecule has 0 aliphatic carbocycles. The van der Waals surface area contributed by atoms with Gasteiger partial charge in [-0.1, -0.05) is 6.07 Å². The molecular weight excluding hydrogens is 476 g/mol. The van der Waals surface area contributed by atoms with Crippen LogP contribution in [0.3, 0.4) is 0 Å². The molecule has 2 aromatic carbocycles. The fourth-order valence-electron chi connectivity index (χ4n) is 4.31. The van der Waals surface area contributed by atoms with Gasteiger partial charge < -0.3 is 14.5 Å². The Balaban J connectivity index is 1.60. The summed E-state index contributed by atoms with van der Waals surface area (Å²) in [6.07, 6.45) is 1.40. The summed E-state index contributed by atoms with van der Waals surface area (Å²) in [7, 11) is -2.45. The number of pyridine rings is 1. The van der Waals surface area contributed by atoms with E-state index in [1.807, 2.05) is 0 Å². The van der Waals surface area contributed by atoms with Gasteiger partial charge in [0.25, 0.3) is 5.56 Å². The predicted molar refractivity (Wildman–Crippen MR) is 130 cm³/mol. The van der Waals surface area contributed by atoms with Crippen LogP contribution in [-0.2, 0) is 21.3 Å². The first-order valence-corrected chi connectivity index (χ1v) is 13.1. The van der Waals surface area contributed by atoms with Crippen LogP contribution in [0.2, 0.25) is 0 Å². The van der Waals surface area contributed by atoms with Crippen molar-refractivity contribution in [3.63, 3.8) is 0 Å². The number of aromatic nitrogens is 3. The molecular formula is C23H24N4O5S2. The number of nitrogens with zero attached hydrogens (tertiary/aromatic N) is 3. The van der Waals surface area contributed by atoms with E-state index in [-0.39, 0.29) is 29.6 Å². The average Bonchev–Trinajstić information content (AvgIpc) is 3.50. The molecule has 4 aromatic rings. The zero-order valence-corrected chi connectivity index (χ0v) is 20.4. The third-order valence-corrected chi connectivity index (χ3v) is 8.61. The molecule has 1 aliphatic heterocycles. The van der Waals surface area contributed by atoms with Gasteiger partial charge in [0.15, 0.2) is 0 Å². The molecule has 5 rings (SSSR count). The maximum atomic E-state index is 14.0. The van der Waals surface area contributed by atoms with E-state index in [4.69, 9.17) is 9.47 Å². The number of methoxy groups -OCH3 is 1. The molecule has 2 aromatic heterocycles. The summed E-state index contributed by atoms with van der Waals surface area (Å²) >= 11 is 0.973. The zero-order chi connectivity index (χ0) is 23.9. The molecule has 0 bridgehead atoms. The Bertz CT molecular complexity index is 1520. The summed E-state index contributed by atoms with van der Waals surface area (Å²) < 4.78 is 48.9. The highest BCUT2D eigenvalue weighted by Crippen LogP contribution is 2.30. The third-order valence-electron chi connectivity index (χ3n) is 6.08. The Hall–Kier alpha value is -2.86. The van der Waals surface area contributed by atoms with E-state index >= 15 is 0 Å². The van der Waals surface area contributed by atoms with Crippen molar-refractivity contribution in [2.75, 3.05) is 20.3 Å². The second-order valence-electron chi connectivity index (χ2n) is 8.35. The molecule has 1 N–H and O–H groups in total. The Morgan fingerprint density at radius 1 is 1.24 bits per heavy atom. The van der Waals surface area contributed by atoms with Crippen LogP contribution in [0.5, 0.6) is 5.75 Å². The fourth-order valence-corrected chi connectivity index (χ4v) is 6.71. The maximum absolute atomic E-state index is 14.0. The van der Waals surface area contributed by atoms with Gasteiger partial charge in [-0.2, -0.15) is 13.1 Å². The maximum Gasteiger partial charge on any atom is 0.252 e. The third kappa shape index (κ3) is 4.20. The van der Waals surface area contributed by atoms with Crippen LogP contribution in [0.4, 0.5) is 0 Å². The molecule has 0 amide bonds. The van der Waals surface area contributed by atoms with Gasteiger partial charge in [0.05, 0.1) is 24.9 Å². The summed E-state index contributed by atoms with van der Waals surface area (Å²) in [6, 6.07) is 10.5. The normalized spacial score (nSPS) is 16.6.